The fourth-order valence-electron chi connectivity index (χ4n) is 6.21. The summed E-state index contributed by atoms with van der Waals surface area (Å²) in [5.74, 6) is -1.45. The Morgan fingerprint density at radius 1 is 1.14 bits per heavy atom. The molecule has 2 aromatic carbocycles. The van der Waals surface area contributed by atoms with Crippen molar-refractivity contribution in [2.75, 3.05) is 6.54 Å². The largest absolute Gasteiger partial charge is 0.443 e. The topological polar surface area (TPSA) is 95.9 Å². The van der Waals surface area contributed by atoms with E-state index in [0.717, 1.165) is 12.1 Å². The van der Waals surface area contributed by atoms with Gasteiger partial charge in [0.05, 0.1) is 12.1 Å². The lowest BCUT2D eigenvalue weighted by molar-refractivity contribution is -0.114. The Bertz CT molecular complexity index is 1280. The first kappa shape index (κ1) is 25.1. The lowest BCUT2D eigenvalue weighted by Crippen LogP contribution is -2.60. The number of amides is 1. The van der Waals surface area contributed by atoms with Crippen LogP contribution in [0.5, 0.6) is 0 Å². The Morgan fingerprint density at radius 2 is 1.83 bits per heavy atom. The number of rotatable bonds is 5. The van der Waals surface area contributed by atoms with Crippen molar-refractivity contribution in [3.05, 3.63) is 70.8 Å². The van der Waals surface area contributed by atoms with Crippen molar-refractivity contribution >= 4 is 16.1 Å². The molecule has 194 valence electrons. The van der Waals surface area contributed by atoms with E-state index in [1.165, 1.54) is 4.31 Å². The third kappa shape index (κ3) is 4.18. The Morgan fingerprint density at radius 3 is 2.44 bits per heavy atom. The van der Waals surface area contributed by atoms with Crippen LogP contribution in [0.15, 0.2) is 42.5 Å². The van der Waals surface area contributed by atoms with Gasteiger partial charge >= 0.3 is 6.09 Å². The lowest BCUT2D eigenvalue weighted by atomic mass is 9.54. The molecule has 3 atom stereocenters. The van der Waals surface area contributed by atoms with Gasteiger partial charge in [-0.15, -0.1) is 0 Å². The van der Waals surface area contributed by atoms with Crippen molar-refractivity contribution < 1.29 is 31.8 Å². The number of sulfonamides is 1. The zero-order chi connectivity index (χ0) is 25.9. The normalized spacial score (nSPS) is 34.0. The second kappa shape index (κ2) is 8.78. The van der Waals surface area contributed by atoms with Crippen LogP contribution in [0.3, 0.4) is 0 Å². The Hall–Kier alpha value is -2.56. The van der Waals surface area contributed by atoms with Gasteiger partial charge in [0.15, 0.2) is 0 Å². The van der Waals surface area contributed by atoms with Gasteiger partial charge in [-0.1, -0.05) is 30.3 Å². The monoisotopic (exact) mass is 520 g/mol. The van der Waals surface area contributed by atoms with E-state index >= 15 is 8.78 Å². The molecule has 2 heterocycles. The highest BCUT2D eigenvalue weighted by Gasteiger charge is 2.60. The average Bonchev–Trinajstić information content (AvgIpc) is 3.23. The molecule has 0 spiro atoms. The van der Waals surface area contributed by atoms with Crippen LogP contribution in [-0.2, 0) is 26.7 Å². The third-order valence-corrected chi connectivity index (χ3v) is 10.3. The number of hydrogen-bond acceptors (Lipinski definition) is 5. The summed E-state index contributed by atoms with van der Waals surface area (Å²) >= 11 is 0. The summed E-state index contributed by atoms with van der Waals surface area (Å²) in [4.78, 5) is 11.7. The smallest absolute Gasteiger partial charge is 0.407 e. The van der Waals surface area contributed by atoms with Crippen LogP contribution >= 0.6 is 0 Å². The zero-order valence-electron chi connectivity index (χ0n) is 20.2. The summed E-state index contributed by atoms with van der Waals surface area (Å²) in [6.45, 7) is 3.21. The van der Waals surface area contributed by atoms with Crippen LogP contribution in [0.25, 0.3) is 0 Å². The van der Waals surface area contributed by atoms with E-state index in [-0.39, 0.29) is 43.1 Å². The molecule has 36 heavy (non-hydrogen) atoms. The molecular weight excluding hydrogens is 490 g/mol. The van der Waals surface area contributed by atoms with Crippen LogP contribution in [0.1, 0.15) is 61.5 Å². The Balaban J connectivity index is 1.46. The number of hydrogen-bond donors (Lipinski definition) is 2. The van der Waals surface area contributed by atoms with E-state index in [2.05, 4.69) is 5.32 Å². The Kier molecular flexibility index (Phi) is 6.12. The number of cyclic esters (lactones) is 1. The van der Waals surface area contributed by atoms with Gasteiger partial charge in [-0.3, -0.25) is 0 Å². The molecule has 3 fully saturated rings. The predicted octanol–water partition coefficient (Wildman–Crippen LogP) is 3.91. The van der Waals surface area contributed by atoms with Gasteiger partial charge in [0.25, 0.3) is 0 Å². The van der Waals surface area contributed by atoms with Crippen molar-refractivity contribution in [2.24, 2.45) is 0 Å². The van der Waals surface area contributed by atoms with Crippen molar-refractivity contribution in [3.8, 4) is 0 Å². The van der Waals surface area contributed by atoms with Gasteiger partial charge in [-0.05, 0) is 57.2 Å². The quantitative estimate of drug-likeness (QED) is 0.623. The summed E-state index contributed by atoms with van der Waals surface area (Å²) in [6, 6.07) is 10.7. The molecular formula is C26H30F2N2O5S. The molecule has 1 amide bonds. The number of nitrogens with one attached hydrogen (secondary N) is 1. The molecule has 1 aliphatic carbocycles. The van der Waals surface area contributed by atoms with Crippen molar-refractivity contribution in [1.82, 2.24) is 9.62 Å². The minimum Gasteiger partial charge on any atom is -0.443 e. The Labute approximate surface area is 209 Å². The summed E-state index contributed by atoms with van der Waals surface area (Å²) in [5.41, 5.74) is -1.54. The summed E-state index contributed by atoms with van der Waals surface area (Å²) < 4.78 is 64.6. The number of carbonyl (C=O) groups excluding carboxylic acids is 1. The van der Waals surface area contributed by atoms with Crippen LogP contribution in [0.4, 0.5) is 13.6 Å². The molecule has 2 aromatic rings. The summed E-state index contributed by atoms with van der Waals surface area (Å²) in [7, 11) is -3.82. The molecule has 2 aliphatic heterocycles. The molecule has 2 N–H and O–H groups in total. The first-order valence-corrected chi connectivity index (χ1v) is 13.6. The first-order valence-electron chi connectivity index (χ1n) is 12.1. The fourth-order valence-corrected chi connectivity index (χ4v) is 8.39. The molecule has 0 aromatic heterocycles. The molecule has 5 rings (SSSR count). The lowest BCUT2D eigenvalue weighted by Gasteiger charge is -2.54. The van der Waals surface area contributed by atoms with Crippen LogP contribution < -0.4 is 5.32 Å². The number of benzene rings is 2. The maximum atomic E-state index is 15.6. The highest BCUT2D eigenvalue weighted by molar-refractivity contribution is 7.89. The van der Waals surface area contributed by atoms with Crippen LogP contribution in [-0.4, -0.2) is 48.2 Å². The van der Waals surface area contributed by atoms with Gasteiger partial charge < -0.3 is 15.2 Å². The van der Waals surface area contributed by atoms with E-state index in [1.807, 2.05) is 6.07 Å². The summed E-state index contributed by atoms with van der Waals surface area (Å²) in [6.07, 6.45) is -0.132. The molecule has 1 saturated carbocycles. The minimum atomic E-state index is -3.82. The second-order valence-electron chi connectivity index (χ2n) is 10.6. The first-order chi connectivity index (χ1) is 16.9. The molecule has 7 nitrogen and oxygen atoms in total. The molecule has 10 heteroatoms. The maximum absolute atomic E-state index is 15.6. The van der Waals surface area contributed by atoms with Gasteiger partial charge in [0.1, 0.15) is 23.0 Å². The van der Waals surface area contributed by atoms with Gasteiger partial charge in [-0.25, -0.2) is 22.0 Å². The van der Waals surface area contributed by atoms with Crippen LogP contribution in [0, 0.1) is 11.6 Å². The van der Waals surface area contributed by atoms with E-state index in [4.69, 9.17) is 4.74 Å². The van der Waals surface area contributed by atoms with Crippen molar-refractivity contribution in [2.45, 2.75) is 74.5 Å². The molecule has 0 radical (unpaired) electrons. The minimum absolute atomic E-state index is 0.0217. The highest BCUT2D eigenvalue weighted by atomic mass is 32.2. The number of nitrogens with zero attached hydrogens (tertiary/aromatic N) is 1. The molecule has 3 aliphatic rings. The zero-order valence-corrected chi connectivity index (χ0v) is 21.0. The number of alkyl carbamates (subject to hydrolysis) is 1. The SMILES string of the molecule is CC1CCC(c2ccccc2)S(=O)(=O)N1Cc1cc(F)c(C2(C3CNC(=O)O3)CC(C)(O)C2)cc1F. The van der Waals surface area contributed by atoms with E-state index < -0.39 is 50.1 Å². The molecule has 3 unspecified atom stereocenters. The second-order valence-corrected chi connectivity index (χ2v) is 12.7. The molecule has 2 saturated heterocycles. The van der Waals surface area contributed by atoms with E-state index in [1.54, 1.807) is 38.1 Å². The number of carbonyl (C=O) groups is 1. The van der Waals surface area contributed by atoms with E-state index in [9.17, 15) is 18.3 Å². The van der Waals surface area contributed by atoms with Crippen molar-refractivity contribution in [3.63, 3.8) is 0 Å². The number of aliphatic hydroxyl groups is 1. The molecule has 0 bridgehead atoms. The van der Waals surface area contributed by atoms with Gasteiger partial charge in [0.2, 0.25) is 10.0 Å². The number of halogens is 2. The predicted molar refractivity (Wildman–Crippen MR) is 129 cm³/mol. The van der Waals surface area contributed by atoms with E-state index in [0.29, 0.717) is 18.4 Å². The van der Waals surface area contributed by atoms with Crippen molar-refractivity contribution in [1.29, 1.82) is 0 Å². The average molecular weight is 521 g/mol. The standard InChI is InChI=1S/C26H30F2N2O5S/c1-16-8-9-22(17-6-4-3-5-7-17)36(33,34)30(16)13-18-10-21(28)19(11-20(18)27)26(14-25(2,32)15-26)23-12-29-24(31)35-23/h3-7,10-11,16,22-23,32H,8-9,12-15H2,1-2H3,(H,29,31). The van der Waals surface area contributed by atoms with Gasteiger partial charge in [-0.2, -0.15) is 4.31 Å². The fraction of sp³-hybridized carbons (Fsp3) is 0.500. The maximum Gasteiger partial charge on any atom is 0.407 e. The third-order valence-electron chi connectivity index (χ3n) is 7.88. The highest BCUT2D eigenvalue weighted by Crippen LogP contribution is 2.54. The van der Waals surface area contributed by atoms with Crippen LogP contribution in [0.2, 0.25) is 0 Å². The summed E-state index contributed by atoms with van der Waals surface area (Å²) in [5, 5.41) is 12.2. The van der Waals surface area contributed by atoms with Gasteiger partial charge in [0, 0.05) is 29.1 Å². The number of ether oxygens (including phenoxy) is 1.